The quantitative estimate of drug-likeness (QED) is 0.254. The zero-order chi connectivity index (χ0) is 23.7. The van der Waals surface area contributed by atoms with E-state index >= 15 is 0 Å². The molecule has 6 rings (SSSR count). The number of rotatable bonds is 2. The van der Waals surface area contributed by atoms with Gasteiger partial charge in [0.05, 0.1) is 11.6 Å². The van der Waals surface area contributed by atoms with Gasteiger partial charge in [-0.2, -0.15) is 0 Å². The van der Waals surface area contributed by atoms with Crippen molar-refractivity contribution in [3.05, 3.63) is 109 Å². The van der Waals surface area contributed by atoms with Crippen LogP contribution in [0.1, 0.15) is 46.6 Å². The van der Waals surface area contributed by atoms with E-state index in [1.165, 1.54) is 0 Å². The Bertz CT molecular complexity index is 1570. The van der Waals surface area contributed by atoms with Crippen LogP contribution in [0.15, 0.2) is 81.2 Å². The van der Waals surface area contributed by atoms with Crippen LogP contribution in [0.5, 0.6) is 5.75 Å². The van der Waals surface area contributed by atoms with Gasteiger partial charge in [-0.15, -0.1) is 0 Å². The molecule has 0 radical (unpaired) electrons. The van der Waals surface area contributed by atoms with Gasteiger partial charge in [-0.3, -0.25) is 4.79 Å². The molecule has 1 aliphatic carbocycles. The van der Waals surface area contributed by atoms with Crippen molar-refractivity contribution in [2.75, 3.05) is 5.32 Å². The minimum Gasteiger partial charge on any atom is -0.507 e. The lowest BCUT2D eigenvalue weighted by Gasteiger charge is -2.22. The van der Waals surface area contributed by atoms with E-state index in [1.54, 1.807) is 0 Å². The molecule has 5 heteroatoms. The number of phenols is 1. The standard InChI is InChI=1S/C29H21Br2NO2/c1-14-21(30)13-22(31)27-25(14)26(29(34)32-27)24-15(2)23(18-9-5-6-10-19(18)24)20-12-11-16-7-3-4-8-17(16)28(20)33/h3-13,24,26,33H,1-2H3,(H,32,34). The number of hydrogen-bond acceptors (Lipinski definition) is 2. The van der Waals surface area contributed by atoms with Crippen LogP contribution in [-0.2, 0) is 4.79 Å². The predicted octanol–water partition coefficient (Wildman–Crippen LogP) is 8.03. The van der Waals surface area contributed by atoms with Crippen LogP contribution in [0.2, 0.25) is 0 Å². The molecule has 3 nitrogen and oxygen atoms in total. The van der Waals surface area contributed by atoms with E-state index in [1.807, 2.05) is 48.5 Å². The highest BCUT2D eigenvalue weighted by Gasteiger charge is 2.45. The highest BCUT2D eigenvalue weighted by molar-refractivity contribution is 9.11. The summed E-state index contributed by atoms with van der Waals surface area (Å²) in [5.41, 5.74) is 8.03. The van der Waals surface area contributed by atoms with Crippen LogP contribution in [0.25, 0.3) is 16.3 Å². The minimum absolute atomic E-state index is 0.0000338. The SMILES string of the molecule is CC1=C(c2ccc3ccccc3c2O)c2ccccc2C1C1C(=O)Nc2c(Br)cc(Br)c(C)c21. The van der Waals surface area contributed by atoms with Crippen LogP contribution >= 0.6 is 31.9 Å². The first-order valence-electron chi connectivity index (χ1n) is 11.2. The average molecular weight is 575 g/mol. The molecule has 0 saturated carbocycles. The molecule has 1 aliphatic heterocycles. The first-order valence-corrected chi connectivity index (χ1v) is 12.8. The summed E-state index contributed by atoms with van der Waals surface area (Å²) < 4.78 is 1.84. The molecule has 2 unspecified atom stereocenters. The molecular formula is C29H21Br2NO2. The van der Waals surface area contributed by atoms with Gasteiger partial charge in [0, 0.05) is 25.8 Å². The van der Waals surface area contributed by atoms with Crippen molar-refractivity contribution in [1.29, 1.82) is 0 Å². The third kappa shape index (κ3) is 2.96. The lowest BCUT2D eigenvalue weighted by atomic mass is 9.79. The molecule has 0 saturated heterocycles. The third-order valence-corrected chi connectivity index (χ3v) is 8.74. The van der Waals surface area contributed by atoms with Crippen LogP contribution in [0, 0.1) is 6.92 Å². The zero-order valence-corrected chi connectivity index (χ0v) is 21.8. The number of hydrogen-bond donors (Lipinski definition) is 2. The molecule has 2 atom stereocenters. The number of phenolic OH excluding ortho intramolecular Hbond substituents is 1. The smallest absolute Gasteiger partial charge is 0.233 e. The molecular weight excluding hydrogens is 554 g/mol. The van der Waals surface area contributed by atoms with Gasteiger partial charge in [0.1, 0.15) is 5.75 Å². The molecule has 4 aromatic rings. The Labute approximate surface area is 214 Å². The Morgan fingerprint density at radius 1 is 0.853 bits per heavy atom. The first kappa shape index (κ1) is 21.6. The van der Waals surface area contributed by atoms with Crippen molar-refractivity contribution >= 4 is 59.8 Å². The summed E-state index contributed by atoms with van der Waals surface area (Å²) in [5.74, 6) is -0.204. The number of anilines is 1. The number of carbonyl (C=O) groups excluding carboxylic acids is 1. The summed E-state index contributed by atoms with van der Waals surface area (Å²) in [6.45, 7) is 4.15. The van der Waals surface area contributed by atoms with Gasteiger partial charge in [0.15, 0.2) is 0 Å². The average Bonchev–Trinajstić information content (AvgIpc) is 3.32. The summed E-state index contributed by atoms with van der Waals surface area (Å²) in [5, 5.41) is 16.3. The summed E-state index contributed by atoms with van der Waals surface area (Å²) >= 11 is 7.30. The molecule has 0 spiro atoms. The highest BCUT2D eigenvalue weighted by Crippen LogP contribution is 2.56. The molecule has 1 heterocycles. The number of benzene rings is 4. The van der Waals surface area contributed by atoms with Gasteiger partial charge < -0.3 is 10.4 Å². The molecule has 0 fully saturated rings. The zero-order valence-electron chi connectivity index (χ0n) is 18.6. The number of amides is 1. The number of carbonyl (C=O) groups is 1. The van der Waals surface area contributed by atoms with E-state index in [2.05, 4.69) is 69.2 Å². The third-order valence-electron chi connectivity index (χ3n) is 7.29. The topological polar surface area (TPSA) is 49.3 Å². The molecule has 0 aromatic heterocycles. The predicted molar refractivity (Wildman–Crippen MR) is 144 cm³/mol. The summed E-state index contributed by atoms with van der Waals surface area (Å²) in [7, 11) is 0. The number of aromatic hydroxyl groups is 1. The molecule has 1 amide bonds. The molecule has 4 aromatic carbocycles. The number of allylic oxidation sites excluding steroid dienone is 1. The van der Waals surface area contributed by atoms with Crippen LogP contribution in [-0.4, -0.2) is 11.0 Å². The maximum absolute atomic E-state index is 13.5. The molecule has 2 N–H and O–H groups in total. The number of halogens is 2. The van der Waals surface area contributed by atoms with Crippen molar-refractivity contribution < 1.29 is 9.90 Å². The van der Waals surface area contributed by atoms with E-state index in [-0.39, 0.29) is 23.5 Å². The molecule has 34 heavy (non-hydrogen) atoms. The summed E-state index contributed by atoms with van der Waals surface area (Å²) in [6.07, 6.45) is 0. The van der Waals surface area contributed by atoms with Gasteiger partial charge >= 0.3 is 0 Å². The number of nitrogens with one attached hydrogen (secondary N) is 1. The molecule has 168 valence electrons. The van der Waals surface area contributed by atoms with E-state index in [0.29, 0.717) is 0 Å². The van der Waals surface area contributed by atoms with E-state index in [4.69, 9.17) is 0 Å². The normalized spacial score (nSPS) is 18.9. The fourth-order valence-electron chi connectivity index (χ4n) is 5.74. The summed E-state index contributed by atoms with van der Waals surface area (Å²) in [6, 6.07) is 22.2. The van der Waals surface area contributed by atoms with Crippen molar-refractivity contribution in [2.24, 2.45) is 0 Å². The monoisotopic (exact) mass is 573 g/mol. The maximum Gasteiger partial charge on any atom is 0.233 e. The summed E-state index contributed by atoms with van der Waals surface area (Å²) in [4.78, 5) is 13.5. The molecule has 2 aliphatic rings. The fourth-order valence-corrected chi connectivity index (χ4v) is 7.03. The Morgan fingerprint density at radius 3 is 2.41 bits per heavy atom. The fraction of sp³-hybridized carbons (Fsp3) is 0.138. The van der Waals surface area contributed by atoms with Gasteiger partial charge in [-0.25, -0.2) is 0 Å². The van der Waals surface area contributed by atoms with Crippen molar-refractivity contribution in [3.8, 4) is 5.75 Å². The maximum atomic E-state index is 13.5. The van der Waals surface area contributed by atoms with Crippen molar-refractivity contribution in [2.45, 2.75) is 25.7 Å². The first-order chi connectivity index (χ1) is 16.4. The van der Waals surface area contributed by atoms with E-state index in [0.717, 1.165) is 64.4 Å². The van der Waals surface area contributed by atoms with Crippen LogP contribution in [0.3, 0.4) is 0 Å². The Kier molecular flexibility index (Phi) is 4.98. The van der Waals surface area contributed by atoms with E-state index in [9.17, 15) is 9.90 Å². The lowest BCUT2D eigenvalue weighted by molar-refractivity contribution is -0.117. The minimum atomic E-state index is -0.356. The highest BCUT2D eigenvalue weighted by atomic mass is 79.9. The van der Waals surface area contributed by atoms with Crippen LogP contribution in [0.4, 0.5) is 5.69 Å². The van der Waals surface area contributed by atoms with Gasteiger partial charge in [-0.1, -0.05) is 82.2 Å². The Morgan fingerprint density at radius 2 is 1.59 bits per heavy atom. The van der Waals surface area contributed by atoms with E-state index < -0.39 is 0 Å². The van der Waals surface area contributed by atoms with Crippen molar-refractivity contribution in [1.82, 2.24) is 0 Å². The second-order valence-corrected chi connectivity index (χ2v) is 10.7. The van der Waals surface area contributed by atoms with Crippen LogP contribution < -0.4 is 5.32 Å². The largest absolute Gasteiger partial charge is 0.507 e. The Hall–Kier alpha value is -2.89. The Balaban J connectivity index is 1.61. The molecule has 0 bridgehead atoms. The second kappa shape index (κ2) is 7.82. The van der Waals surface area contributed by atoms with Crippen molar-refractivity contribution in [3.63, 3.8) is 0 Å². The number of fused-ring (bicyclic) bond motifs is 3. The van der Waals surface area contributed by atoms with Gasteiger partial charge in [0.2, 0.25) is 5.91 Å². The lowest BCUT2D eigenvalue weighted by Crippen LogP contribution is -2.20. The second-order valence-electron chi connectivity index (χ2n) is 9.03. The van der Waals surface area contributed by atoms with Gasteiger partial charge in [0.25, 0.3) is 0 Å². The van der Waals surface area contributed by atoms with Gasteiger partial charge in [-0.05, 0) is 69.1 Å².